The van der Waals surface area contributed by atoms with Gasteiger partial charge in [-0.1, -0.05) is 25.5 Å². The van der Waals surface area contributed by atoms with Gasteiger partial charge in [-0.3, -0.25) is 0 Å². The van der Waals surface area contributed by atoms with E-state index in [2.05, 4.69) is 6.92 Å². The van der Waals surface area contributed by atoms with Crippen molar-refractivity contribution < 1.29 is 4.39 Å². The molecule has 16 heavy (non-hydrogen) atoms. The monoisotopic (exact) mass is 221 g/mol. The summed E-state index contributed by atoms with van der Waals surface area (Å²) in [5, 5.41) is 0. The molecule has 0 amide bonds. The largest absolute Gasteiger partial charge is 0.330 e. The summed E-state index contributed by atoms with van der Waals surface area (Å²) in [6.07, 6.45) is 4.54. The van der Waals surface area contributed by atoms with Crippen molar-refractivity contribution in [3.05, 3.63) is 35.6 Å². The Labute approximate surface area is 96.9 Å². The molecule has 0 bridgehead atoms. The first-order valence-corrected chi connectivity index (χ1v) is 6.08. The highest BCUT2D eigenvalue weighted by molar-refractivity contribution is 5.18. The molecular formula is C14H20FN. The molecule has 1 aromatic carbocycles. The van der Waals surface area contributed by atoms with E-state index in [9.17, 15) is 4.39 Å². The zero-order valence-corrected chi connectivity index (χ0v) is 9.88. The molecule has 0 aliphatic heterocycles. The second-order valence-electron chi connectivity index (χ2n) is 5.36. The van der Waals surface area contributed by atoms with Crippen LogP contribution < -0.4 is 5.73 Å². The zero-order valence-electron chi connectivity index (χ0n) is 9.88. The summed E-state index contributed by atoms with van der Waals surface area (Å²) in [5.41, 5.74) is 7.22. The Morgan fingerprint density at radius 1 is 1.50 bits per heavy atom. The third-order valence-corrected chi connectivity index (χ3v) is 3.85. The highest BCUT2D eigenvalue weighted by atomic mass is 19.1. The van der Waals surface area contributed by atoms with Crippen LogP contribution in [0.5, 0.6) is 0 Å². The van der Waals surface area contributed by atoms with Crippen molar-refractivity contribution in [2.24, 2.45) is 17.1 Å². The van der Waals surface area contributed by atoms with Crippen LogP contribution in [0.4, 0.5) is 4.39 Å². The normalized spacial score (nSPS) is 29.6. The molecule has 0 aromatic heterocycles. The SMILES string of the molecule is CC1CCC(CN)(Cc2cccc(F)c2)C1. The second kappa shape index (κ2) is 4.54. The third kappa shape index (κ3) is 2.43. The molecule has 1 aromatic rings. The van der Waals surface area contributed by atoms with E-state index >= 15 is 0 Å². The van der Waals surface area contributed by atoms with Crippen LogP contribution >= 0.6 is 0 Å². The van der Waals surface area contributed by atoms with E-state index in [1.165, 1.54) is 25.3 Å². The average Bonchev–Trinajstić information content (AvgIpc) is 2.61. The first kappa shape index (κ1) is 11.6. The van der Waals surface area contributed by atoms with Gasteiger partial charge in [-0.15, -0.1) is 0 Å². The number of hydrogen-bond acceptors (Lipinski definition) is 1. The van der Waals surface area contributed by atoms with Crippen LogP contribution in [0.25, 0.3) is 0 Å². The summed E-state index contributed by atoms with van der Waals surface area (Å²) in [6, 6.07) is 6.92. The first-order valence-electron chi connectivity index (χ1n) is 6.08. The van der Waals surface area contributed by atoms with E-state index in [1.807, 2.05) is 6.07 Å². The maximum absolute atomic E-state index is 13.1. The van der Waals surface area contributed by atoms with Crippen LogP contribution in [0.1, 0.15) is 31.7 Å². The molecule has 88 valence electrons. The van der Waals surface area contributed by atoms with E-state index in [0.717, 1.165) is 17.9 Å². The van der Waals surface area contributed by atoms with Gasteiger partial charge in [-0.05, 0) is 54.8 Å². The number of halogens is 1. The van der Waals surface area contributed by atoms with Crippen molar-refractivity contribution in [1.82, 2.24) is 0 Å². The lowest BCUT2D eigenvalue weighted by molar-refractivity contribution is 0.295. The fraction of sp³-hybridized carbons (Fsp3) is 0.571. The first-order chi connectivity index (χ1) is 7.63. The molecule has 0 heterocycles. The molecule has 2 atom stereocenters. The molecule has 0 radical (unpaired) electrons. The molecule has 2 heteroatoms. The standard InChI is InChI=1S/C14H20FN/c1-11-5-6-14(8-11,10-16)9-12-3-2-4-13(15)7-12/h2-4,7,11H,5-6,8-10,16H2,1H3. The van der Waals surface area contributed by atoms with Gasteiger partial charge in [-0.25, -0.2) is 4.39 Å². The summed E-state index contributed by atoms with van der Waals surface area (Å²) in [4.78, 5) is 0. The summed E-state index contributed by atoms with van der Waals surface area (Å²) in [5.74, 6) is 0.618. The van der Waals surface area contributed by atoms with Gasteiger partial charge in [0.25, 0.3) is 0 Å². The number of rotatable bonds is 3. The van der Waals surface area contributed by atoms with Crippen LogP contribution in [-0.2, 0) is 6.42 Å². The topological polar surface area (TPSA) is 26.0 Å². The minimum Gasteiger partial charge on any atom is -0.330 e. The second-order valence-corrected chi connectivity index (χ2v) is 5.36. The van der Waals surface area contributed by atoms with Crippen molar-refractivity contribution >= 4 is 0 Å². The Balaban J connectivity index is 2.13. The van der Waals surface area contributed by atoms with Gasteiger partial charge >= 0.3 is 0 Å². The van der Waals surface area contributed by atoms with Crippen molar-refractivity contribution in [2.45, 2.75) is 32.6 Å². The molecule has 0 spiro atoms. The van der Waals surface area contributed by atoms with Gasteiger partial charge in [0, 0.05) is 0 Å². The molecular weight excluding hydrogens is 201 g/mol. The Hall–Kier alpha value is -0.890. The zero-order chi connectivity index (χ0) is 11.6. The highest BCUT2D eigenvalue weighted by Gasteiger charge is 2.36. The quantitative estimate of drug-likeness (QED) is 0.833. The maximum atomic E-state index is 13.1. The summed E-state index contributed by atoms with van der Waals surface area (Å²) >= 11 is 0. The predicted octanol–water partition coefficient (Wildman–Crippen LogP) is 3.13. The Morgan fingerprint density at radius 2 is 2.31 bits per heavy atom. The van der Waals surface area contributed by atoms with Crippen LogP contribution in [-0.4, -0.2) is 6.54 Å². The molecule has 0 saturated heterocycles. The lowest BCUT2D eigenvalue weighted by Gasteiger charge is -2.27. The molecule has 2 unspecified atom stereocenters. The number of nitrogens with two attached hydrogens (primary N) is 1. The van der Waals surface area contributed by atoms with Crippen LogP contribution in [0, 0.1) is 17.2 Å². The smallest absolute Gasteiger partial charge is 0.123 e. The van der Waals surface area contributed by atoms with E-state index in [1.54, 1.807) is 12.1 Å². The van der Waals surface area contributed by atoms with Gasteiger partial charge in [0.05, 0.1) is 0 Å². The van der Waals surface area contributed by atoms with E-state index in [4.69, 9.17) is 5.73 Å². The predicted molar refractivity (Wildman–Crippen MR) is 64.6 cm³/mol. The minimum absolute atomic E-state index is 0.143. The average molecular weight is 221 g/mol. The van der Waals surface area contributed by atoms with E-state index < -0.39 is 0 Å². The maximum Gasteiger partial charge on any atom is 0.123 e. The van der Waals surface area contributed by atoms with Crippen molar-refractivity contribution in [3.8, 4) is 0 Å². The van der Waals surface area contributed by atoms with Gasteiger partial charge in [-0.2, -0.15) is 0 Å². The molecule has 2 rings (SSSR count). The molecule has 1 nitrogen and oxygen atoms in total. The van der Waals surface area contributed by atoms with Gasteiger partial charge < -0.3 is 5.73 Å². The van der Waals surface area contributed by atoms with Gasteiger partial charge in [0.15, 0.2) is 0 Å². The fourth-order valence-corrected chi connectivity index (χ4v) is 2.99. The van der Waals surface area contributed by atoms with E-state index in [-0.39, 0.29) is 11.2 Å². The fourth-order valence-electron chi connectivity index (χ4n) is 2.99. The van der Waals surface area contributed by atoms with Gasteiger partial charge in [0.1, 0.15) is 5.82 Å². The minimum atomic E-state index is -0.143. The molecule has 1 aliphatic rings. The van der Waals surface area contributed by atoms with Crippen molar-refractivity contribution in [1.29, 1.82) is 0 Å². The van der Waals surface area contributed by atoms with E-state index in [0.29, 0.717) is 6.54 Å². The molecule has 1 fully saturated rings. The summed E-state index contributed by atoms with van der Waals surface area (Å²) < 4.78 is 13.1. The summed E-state index contributed by atoms with van der Waals surface area (Å²) in [7, 11) is 0. The Kier molecular flexibility index (Phi) is 3.29. The molecule has 1 saturated carbocycles. The molecule has 2 N–H and O–H groups in total. The summed E-state index contributed by atoms with van der Waals surface area (Å²) in [6.45, 7) is 3.00. The lowest BCUT2D eigenvalue weighted by atomic mass is 9.79. The Bertz CT molecular complexity index is 364. The van der Waals surface area contributed by atoms with Crippen LogP contribution in [0.3, 0.4) is 0 Å². The lowest BCUT2D eigenvalue weighted by Crippen LogP contribution is -2.30. The molecule has 1 aliphatic carbocycles. The highest BCUT2D eigenvalue weighted by Crippen LogP contribution is 2.43. The van der Waals surface area contributed by atoms with Crippen molar-refractivity contribution in [2.75, 3.05) is 6.54 Å². The number of benzene rings is 1. The van der Waals surface area contributed by atoms with Crippen molar-refractivity contribution in [3.63, 3.8) is 0 Å². The Morgan fingerprint density at radius 3 is 2.88 bits per heavy atom. The third-order valence-electron chi connectivity index (χ3n) is 3.85. The van der Waals surface area contributed by atoms with Gasteiger partial charge in [0.2, 0.25) is 0 Å². The van der Waals surface area contributed by atoms with Crippen LogP contribution in [0.2, 0.25) is 0 Å². The van der Waals surface area contributed by atoms with Crippen LogP contribution in [0.15, 0.2) is 24.3 Å². The number of hydrogen-bond donors (Lipinski definition) is 1.